The van der Waals surface area contributed by atoms with Gasteiger partial charge >= 0.3 is 0 Å². The minimum Gasteiger partial charge on any atom is -0.492 e. The molecule has 182 valence electrons. The lowest BCUT2D eigenvalue weighted by atomic mass is 10.1. The molecule has 2 aromatic carbocycles. The minimum absolute atomic E-state index is 0.0781. The van der Waals surface area contributed by atoms with Crippen molar-refractivity contribution in [2.45, 2.75) is 34.1 Å². The van der Waals surface area contributed by atoms with Crippen molar-refractivity contribution in [3.8, 4) is 5.75 Å². The number of amides is 3. The first-order valence-corrected chi connectivity index (χ1v) is 12.0. The summed E-state index contributed by atoms with van der Waals surface area (Å²) in [6, 6.07) is 11.5. The van der Waals surface area contributed by atoms with Crippen LogP contribution in [0.3, 0.4) is 0 Å². The fourth-order valence-electron chi connectivity index (χ4n) is 2.74. The van der Waals surface area contributed by atoms with Gasteiger partial charge in [0.05, 0.1) is 12.2 Å². The largest absolute Gasteiger partial charge is 0.492 e. The second-order valence-corrected chi connectivity index (χ2v) is 9.76. The second kappa shape index (κ2) is 13.0. The van der Waals surface area contributed by atoms with Gasteiger partial charge in [-0.1, -0.05) is 43.6 Å². The number of hydrogen-bond acceptors (Lipinski definition) is 5. The third kappa shape index (κ3) is 9.11. The van der Waals surface area contributed by atoms with Crippen LogP contribution in [0.15, 0.2) is 46.9 Å². The van der Waals surface area contributed by atoms with E-state index in [0.29, 0.717) is 46.0 Å². The normalized spacial score (nSPS) is 10.6. The molecule has 0 unspecified atom stereocenters. The molecule has 0 aromatic heterocycles. The summed E-state index contributed by atoms with van der Waals surface area (Å²) in [6.45, 7) is 8.41. The highest BCUT2D eigenvalue weighted by atomic mass is 79.9. The summed E-state index contributed by atoms with van der Waals surface area (Å²) in [6.07, 6.45) is 0.417. The van der Waals surface area contributed by atoms with Crippen LogP contribution in [0.25, 0.3) is 0 Å². The van der Waals surface area contributed by atoms with Crippen molar-refractivity contribution in [1.29, 1.82) is 0 Å². The van der Waals surface area contributed by atoms with E-state index in [9.17, 15) is 14.4 Å². The average Bonchev–Trinajstić information content (AvgIpc) is 2.76. The molecule has 4 N–H and O–H groups in total. The number of hydrazine groups is 1. The van der Waals surface area contributed by atoms with Gasteiger partial charge in [-0.15, -0.1) is 0 Å². The fraction of sp³-hybridized carbons (Fsp3) is 0.333. The molecule has 0 bridgehead atoms. The van der Waals surface area contributed by atoms with Gasteiger partial charge < -0.3 is 10.1 Å². The molecular formula is C24H29BrN4O4S. The molecule has 0 heterocycles. The van der Waals surface area contributed by atoms with Gasteiger partial charge in [-0.2, -0.15) is 0 Å². The van der Waals surface area contributed by atoms with Crippen LogP contribution in [0, 0.1) is 11.8 Å². The Balaban J connectivity index is 1.90. The molecule has 0 saturated carbocycles. The summed E-state index contributed by atoms with van der Waals surface area (Å²) in [5.74, 6) is -0.0424. The van der Waals surface area contributed by atoms with Crippen molar-refractivity contribution >= 4 is 56.7 Å². The lowest BCUT2D eigenvalue weighted by molar-refractivity contribution is -0.116. The Labute approximate surface area is 213 Å². The van der Waals surface area contributed by atoms with Crippen LogP contribution in [-0.4, -0.2) is 29.4 Å². The molecule has 0 saturated heterocycles. The number of rotatable bonds is 8. The van der Waals surface area contributed by atoms with Crippen molar-refractivity contribution in [1.82, 2.24) is 16.2 Å². The Morgan fingerprint density at radius 2 is 1.62 bits per heavy atom. The van der Waals surface area contributed by atoms with Crippen LogP contribution in [0.4, 0.5) is 5.69 Å². The Morgan fingerprint density at radius 3 is 2.24 bits per heavy atom. The Hall–Kier alpha value is -2.98. The molecular weight excluding hydrogens is 520 g/mol. The van der Waals surface area contributed by atoms with E-state index in [1.54, 1.807) is 42.5 Å². The highest BCUT2D eigenvalue weighted by Crippen LogP contribution is 2.24. The number of thiocarbonyl (C=S) groups is 1. The van der Waals surface area contributed by atoms with E-state index >= 15 is 0 Å². The third-order valence-corrected chi connectivity index (χ3v) is 5.00. The topological polar surface area (TPSA) is 109 Å². The van der Waals surface area contributed by atoms with E-state index in [2.05, 4.69) is 37.4 Å². The summed E-state index contributed by atoms with van der Waals surface area (Å²) in [4.78, 5) is 36.9. The molecule has 0 atom stereocenters. The maximum Gasteiger partial charge on any atom is 0.269 e. The maximum atomic E-state index is 12.7. The van der Waals surface area contributed by atoms with Gasteiger partial charge in [0.2, 0.25) is 5.91 Å². The van der Waals surface area contributed by atoms with E-state index in [1.807, 2.05) is 27.7 Å². The van der Waals surface area contributed by atoms with Gasteiger partial charge in [0.15, 0.2) is 5.11 Å². The number of nitrogens with one attached hydrogen (secondary N) is 4. The van der Waals surface area contributed by atoms with Gasteiger partial charge in [-0.05, 0) is 66.5 Å². The summed E-state index contributed by atoms with van der Waals surface area (Å²) < 4.78 is 6.44. The zero-order valence-electron chi connectivity index (χ0n) is 19.5. The molecule has 0 spiro atoms. The van der Waals surface area contributed by atoms with E-state index in [4.69, 9.17) is 17.0 Å². The average molecular weight is 549 g/mol. The molecule has 10 heteroatoms. The Kier molecular flexibility index (Phi) is 10.5. The summed E-state index contributed by atoms with van der Waals surface area (Å²) >= 11 is 8.48. The SMILES string of the molecule is CC(C)COc1ccc(Br)cc1C(=O)NC(=S)NNC(=O)c1ccc(NC(=O)CC(C)C)cc1. The molecule has 0 fully saturated rings. The zero-order chi connectivity index (χ0) is 25.3. The van der Waals surface area contributed by atoms with Crippen LogP contribution >= 0.6 is 28.1 Å². The van der Waals surface area contributed by atoms with Gasteiger partial charge in [0, 0.05) is 22.1 Å². The fourth-order valence-corrected chi connectivity index (χ4v) is 3.24. The van der Waals surface area contributed by atoms with Crippen LogP contribution in [0.1, 0.15) is 54.8 Å². The van der Waals surface area contributed by atoms with Crippen LogP contribution in [-0.2, 0) is 4.79 Å². The molecule has 2 aromatic rings. The lowest BCUT2D eigenvalue weighted by Gasteiger charge is -2.15. The zero-order valence-corrected chi connectivity index (χ0v) is 21.9. The third-order valence-electron chi connectivity index (χ3n) is 4.30. The number of carbonyl (C=O) groups is 3. The molecule has 0 aliphatic heterocycles. The minimum atomic E-state index is -0.478. The predicted molar refractivity (Wildman–Crippen MR) is 140 cm³/mol. The Morgan fingerprint density at radius 1 is 0.941 bits per heavy atom. The number of halogens is 1. The van der Waals surface area contributed by atoms with Gasteiger partial charge in [-0.25, -0.2) is 0 Å². The van der Waals surface area contributed by atoms with Crippen molar-refractivity contribution in [2.24, 2.45) is 11.8 Å². The number of ether oxygens (including phenoxy) is 1. The highest BCUT2D eigenvalue weighted by Gasteiger charge is 2.16. The van der Waals surface area contributed by atoms with Gasteiger partial charge in [-0.3, -0.25) is 30.6 Å². The number of benzene rings is 2. The molecule has 2 rings (SSSR count). The van der Waals surface area contributed by atoms with Crippen LogP contribution in [0.2, 0.25) is 0 Å². The van der Waals surface area contributed by atoms with E-state index < -0.39 is 11.8 Å². The van der Waals surface area contributed by atoms with Crippen molar-refractivity contribution in [3.63, 3.8) is 0 Å². The first kappa shape index (κ1) is 27.3. The second-order valence-electron chi connectivity index (χ2n) is 8.43. The highest BCUT2D eigenvalue weighted by molar-refractivity contribution is 9.10. The number of hydrogen-bond donors (Lipinski definition) is 4. The van der Waals surface area contributed by atoms with Crippen molar-refractivity contribution in [2.75, 3.05) is 11.9 Å². The molecule has 0 aliphatic carbocycles. The first-order chi connectivity index (χ1) is 16.0. The van der Waals surface area contributed by atoms with Crippen LogP contribution in [0.5, 0.6) is 5.75 Å². The first-order valence-electron chi connectivity index (χ1n) is 10.8. The Bertz CT molecular complexity index is 1040. The lowest BCUT2D eigenvalue weighted by Crippen LogP contribution is -2.48. The summed E-state index contributed by atoms with van der Waals surface area (Å²) in [5, 5.41) is 5.23. The van der Waals surface area contributed by atoms with Crippen LogP contribution < -0.4 is 26.2 Å². The monoisotopic (exact) mass is 548 g/mol. The van der Waals surface area contributed by atoms with Crippen molar-refractivity contribution < 1.29 is 19.1 Å². The van der Waals surface area contributed by atoms with E-state index in [-0.39, 0.29) is 16.9 Å². The predicted octanol–water partition coefficient (Wildman–Crippen LogP) is 4.42. The van der Waals surface area contributed by atoms with E-state index in [1.165, 1.54) is 0 Å². The molecule has 8 nitrogen and oxygen atoms in total. The van der Waals surface area contributed by atoms with Gasteiger partial charge in [0.1, 0.15) is 5.75 Å². The maximum absolute atomic E-state index is 12.7. The quantitative estimate of drug-likeness (QED) is 0.287. The molecule has 34 heavy (non-hydrogen) atoms. The van der Waals surface area contributed by atoms with E-state index in [0.717, 1.165) is 0 Å². The number of anilines is 1. The molecule has 0 radical (unpaired) electrons. The molecule has 0 aliphatic rings. The number of carbonyl (C=O) groups excluding carboxylic acids is 3. The molecule has 3 amide bonds. The van der Waals surface area contributed by atoms with Gasteiger partial charge in [0.25, 0.3) is 11.8 Å². The summed E-state index contributed by atoms with van der Waals surface area (Å²) in [5.41, 5.74) is 6.20. The smallest absolute Gasteiger partial charge is 0.269 e. The summed E-state index contributed by atoms with van der Waals surface area (Å²) in [7, 11) is 0. The standard InChI is InChI=1S/C24H29BrN4O4S/c1-14(2)11-21(30)26-18-8-5-16(6-9-18)22(31)28-29-24(34)27-23(32)19-12-17(25)7-10-20(19)33-13-15(3)4/h5-10,12,14-15H,11,13H2,1-4H3,(H,26,30)(H,28,31)(H2,27,29,32,34). The van der Waals surface area contributed by atoms with Crippen molar-refractivity contribution in [3.05, 3.63) is 58.1 Å².